The number of ether oxygens (including phenoxy) is 1. The normalized spacial score (nSPS) is 15.9. The molecule has 2 N–H and O–H groups in total. The second-order valence-electron chi connectivity index (χ2n) is 6.96. The molecule has 26 heavy (non-hydrogen) atoms. The zero-order chi connectivity index (χ0) is 18.3. The van der Waals surface area contributed by atoms with Crippen molar-refractivity contribution >= 4 is 28.4 Å². The van der Waals surface area contributed by atoms with Gasteiger partial charge in [0.25, 0.3) is 5.91 Å². The molecule has 3 aromatic rings. The summed E-state index contributed by atoms with van der Waals surface area (Å²) >= 11 is 6.16. The van der Waals surface area contributed by atoms with E-state index in [9.17, 15) is 4.79 Å². The van der Waals surface area contributed by atoms with Gasteiger partial charge in [0, 0.05) is 34.1 Å². The molecule has 1 aromatic heterocycles. The van der Waals surface area contributed by atoms with E-state index < -0.39 is 0 Å². The molecule has 1 aliphatic rings. The maximum atomic E-state index is 12.3. The third kappa shape index (κ3) is 3.17. The molecule has 1 atom stereocenters. The zero-order valence-corrected chi connectivity index (χ0v) is 15.6. The van der Waals surface area contributed by atoms with Gasteiger partial charge in [-0.15, -0.1) is 0 Å². The molecule has 2 aromatic carbocycles. The Labute approximate surface area is 157 Å². The molecule has 134 valence electrons. The Bertz CT molecular complexity index is 970. The second kappa shape index (κ2) is 6.69. The molecule has 0 spiro atoms. The number of aromatic amines is 1. The van der Waals surface area contributed by atoms with E-state index in [1.165, 1.54) is 22.2 Å². The van der Waals surface area contributed by atoms with Gasteiger partial charge < -0.3 is 15.0 Å². The summed E-state index contributed by atoms with van der Waals surface area (Å²) in [5.74, 6) is 0.567. The van der Waals surface area contributed by atoms with Crippen LogP contribution in [0.25, 0.3) is 10.9 Å². The number of para-hydroxylation sites is 1. The van der Waals surface area contributed by atoms with Crippen LogP contribution in [-0.4, -0.2) is 23.5 Å². The van der Waals surface area contributed by atoms with Gasteiger partial charge in [-0.3, -0.25) is 4.79 Å². The monoisotopic (exact) mass is 368 g/mol. The molecule has 0 bridgehead atoms. The fourth-order valence-corrected chi connectivity index (χ4v) is 3.85. The van der Waals surface area contributed by atoms with E-state index in [1.54, 1.807) is 0 Å². The number of amides is 1. The van der Waals surface area contributed by atoms with Crippen molar-refractivity contribution in [1.82, 2.24) is 10.3 Å². The van der Waals surface area contributed by atoms with Crippen LogP contribution in [0.15, 0.2) is 36.4 Å². The lowest BCUT2D eigenvalue weighted by atomic mass is 10.1. The van der Waals surface area contributed by atoms with Crippen molar-refractivity contribution in [2.45, 2.75) is 32.7 Å². The molecule has 1 amide bonds. The minimum absolute atomic E-state index is 0.00565. The summed E-state index contributed by atoms with van der Waals surface area (Å²) in [5.41, 5.74) is 5.60. The van der Waals surface area contributed by atoms with Gasteiger partial charge >= 0.3 is 0 Å². The standard InChI is InChI=1S/C21H21ClN2O2/c1-12-7-15(8-13(2)21(12)22)26-11-20(25)23-14-9-17-16-5-3-4-6-18(16)24-19(17)10-14/h3-8,14,24H,9-11H2,1-2H3,(H,23,25). The maximum Gasteiger partial charge on any atom is 0.258 e. The number of nitrogens with one attached hydrogen (secondary N) is 2. The molecule has 0 fully saturated rings. The number of carbonyl (C=O) groups is 1. The summed E-state index contributed by atoms with van der Waals surface area (Å²) in [6.45, 7) is 3.86. The minimum Gasteiger partial charge on any atom is -0.484 e. The van der Waals surface area contributed by atoms with E-state index in [2.05, 4.69) is 22.4 Å². The van der Waals surface area contributed by atoms with Crippen LogP contribution in [0.2, 0.25) is 5.02 Å². The minimum atomic E-state index is -0.102. The molecule has 1 unspecified atom stereocenters. The second-order valence-corrected chi connectivity index (χ2v) is 7.34. The van der Waals surface area contributed by atoms with Crippen molar-refractivity contribution in [3.8, 4) is 5.75 Å². The van der Waals surface area contributed by atoms with Crippen LogP contribution >= 0.6 is 11.6 Å². The first kappa shape index (κ1) is 17.0. The smallest absolute Gasteiger partial charge is 0.258 e. The predicted octanol–water partition coefficient (Wildman–Crippen LogP) is 4.10. The Kier molecular flexibility index (Phi) is 4.37. The highest BCUT2D eigenvalue weighted by Gasteiger charge is 2.26. The average Bonchev–Trinajstić information content (AvgIpc) is 3.14. The van der Waals surface area contributed by atoms with Gasteiger partial charge in [-0.05, 0) is 55.2 Å². The number of aromatic nitrogens is 1. The summed E-state index contributed by atoms with van der Waals surface area (Å²) in [7, 11) is 0. The van der Waals surface area contributed by atoms with Crippen LogP contribution in [0.4, 0.5) is 0 Å². The quantitative estimate of drug-likeness (QED) is 0.728. The number of hydrogen-bond acceptors (Lipinski definition) is 2. The Balaban J connectivity index is 1.36. The molecule has 0 saturated carbocycles. The first-order valence-electron chi connectivity index (χ1n) is 8.78. The third-order valence-electron chi connectivity index (χ3n) is 4.95. The van der Waals surface area contributed by atoms with Crippen LogP contribution in [0.5, 0.6) is 5.75 Å². The number of hydrogen-bond donors (Lipinski definition) is 2. The number of rotatable bonds is 4. The highest BCUT2D eigenvalue weighted by molar-refractivity contribution is 6.32. The molecule has 5 heteroatoms. The van der Waals surface area contributed by atoms with Crippen LogP contribution in [0.3, 0.4) is 0 Å². The van der Waals surface area contributed by atoms with Gasteiger partial charge in [-0.2, -0.15) is 0 Å². The van der Waals surface area contributed by atoms with Gasteiger partial charge in [0.2, 0.25) is 0 Å². The summed E-state index contributed by atoms with van der Waals surface area (Å²) in [6.07, 6.45) is 1.68. The maximum absolute atomic E-state index is 12.3. The van der Waals surface area contributed by atoms with E-state index in [0.29, 0.717) is 5.75 Å². The van der Waals surface area contributed by atoms with E-state index in [1.807, 2.05) is 38.1 Å². The topological polar surface area (TPSA) is 54.1 Å². The number of carbonyl (C=O) groups excluding carboxylic acids is 1. The Hall–Kier alpha value is -2.46. The molecule has 0 radical (unpaired) electrons. The molecule has 1 heterocycles. The van der Waals surface area contributed by atoms with E-state index in [-0.39, 0.29) is 18.6 Å². The van der Waals surface area contributed by atoms with Crippen LogP contribution in [-0.2, 0) is 17.6 Å². The van der Waals surface area contributed by atoms with Crippen molar-refractivity contribution in [1.29, 1.82) is 0 Å². The van der Waals surface area contributed by atoms with Gasteiger partial charge in [-0.1, -0.05) is 29.8 Å². The number of halogens is 1. The molecular weight excluding hydrogens is 348 g/mol. The van der Waals surface area contributed by atoms with E-state index in [0.717, 1.165) is 29.0 Å². The van der Waals surface area contributed by atoms with Crippen molar-refractivity contribution in [3.63, 3.8) is 0 Å². The van der Waals surface area contributed by atoms with Crippen molar-refractivity contribution in [2.24, 2.45) is 0 Å². The largest absolute Gasteiger partial charge is 0.484 e. The zero-order valence-electron chi connectivity index (χ0n) is 14.9. The van der Waals surface area contributed by atoms with Gasteiger partial charge in [0.05, 0.1) is 0 Å². The van der Waals surface area contributed by atoms with E-state index >= 15 is 0 Å². The third-order valence-corrected chi connectivity index (χ3v) is 5.54. The molecule has 0 aliphatic heterocycles. The number of H-pyrrole nitrogens is 1. The summed E-state index contributed by atoms with van der Waals surface area (Å²) < 4.78 is 5.65. The van der Waals surface area contributed by atoms with Gasteiger partial charge in [-0.25, -0.2) is 0 Å². The summed E-state index contributed by atoms with van der Waals surface area (Å²) in [6, 6.07) is 12.1. The van der Waals surface area contributed by atoms with Crippen molar-refractivity contribution in [3.05, 3.63) is 63.8 Å². The fraction of sp³-hybridized carbons (Fsp3) is 0.286. The molecular formula is C21H21ClN2O2. The molecule has 0 saturated heterocycles. The number of benzene rings is 2. The van der Waals surface area contributed by atoms with Gasteiger partial charge in [0.1, 0.15) is 5.75 Å². The molecule has 4 rings (SSSR count). The fourth-order valence-electron chi connectivity index (χ4n) is 3.74. The number of aryl methyl sites for hydroxylation is 2. The predicted molar refractivity (Wildman–Crippen MR) is 104 cm³/mol. The highest BCUT2D eigenvalue weighted by Crippen LogP contribution is 2.30. The van der Waals surface area contributed by atoms with Crippen LogP contribution in [0.1, 0.15) is 22.4 Å². The molecule has 1 aliphatic carbocycles. The summed E-state index contributed by atoms with van der Waals surface area (Å²) in [4.78, 5) is 15.7. The average molecular weight is 369 g/mol. The van der Waals surface area contributed by atoms with Crippen LogP contribution in [0, 0.1) is 13.8 Å². The first-order valence-corrected chi connectivity index (χ1v) is 9.16. The lowest BCUT2D eigenvalue weighted by Gasteiger charge is -2.14. The van der Waals surface area contributed by atoms with Gasteiger partial charge in [0.15, 0.2) is 6.61 Å². The van der Waals surface area contributed by atoms with Crippen LogP contribution < -0.4 is 10.1 Å². The number of fused-ring (bicyclic) bond motifs is 3. The Morgan fingerprint density at radius 2 is 1.96 bits per heavy atom. The Morgan fingerprint density at radius 1 is 1.23 bits per heavy atom. The lowest BCUT2D eigenvalue weighted by Crippen LogP contribution is -2.38. The van der Waals surface area contributed by atoms with Crippen molar-refractivity contribution < 1.29 is 9.53 Å². The Morgan fingerprint density at radius 3 is 2.73 bits per heavy atom. The van der Waals surface area contributed by atoms with Crippen molar-refractivity contribution in [2.75, 3.05) is 6.61 Å². The highest BCUT2D eigenvalue weighted by atomic mass is 35.5. The lowest BCUT2D eigenvalue weighted by molar-refractivity contribution is -0.123. The summed E-state index contributed by atoms with van der Waals surface area (Å²) in [5, 5.41) is 5.07. The SMILES string of the molecule is Cc1cc(OCC(=O)NC2Cc3[nH]c4ccccc4c3C2)cc(C)c1Cl. The first-order chi connectivity index (χ1) is 12.5. The molecule has 4 nitrogen and oxygen atoms in total. The van der Waals surface area contributed by atoms with E-state index in [4.69, 9.17) is 16.3 Å².